The molecule has 0 saturated carbocycles. The predicted octanol–water partition coefficient (Wildman–Crippen LogP) is 3.88. The van der Waals surface area contributed by atoms with E-state index in [2.05, 4.69) is 23.1 Å². The zero-order valence-electron chi connectivity index (χ0n) is 19.4. The Hall–Kier alpha value is -1.65. The molecule has 39 heavy (non-hydrogen) atoms. The molecule has 0 aromatic carbocycles. The van der Waals surface area contributed by atoms with Crippen LogP contribution < -0.4 is 0 Å². The van der Waals surface area contributed by atoms with Crippen LogP contribution in [0.15, 0.2) is 48.2 Å². The number of rotatable bonds is 10. The van der Waals surface area contributed by atoms with Crippen LogP contribution in [0.4, 0.5) is 0 Å². The Kier molecular flexibility index (Phi) is 8.12. The molecular weight excluding hydrogens is 619 g/mol. The first-order valence-corrected chi connectivity index (χ1v) is 17.1. The molecule has 0 spiro atoms. The highest BCUT2D eigenvalue weighted by Gasteiger charge is 2.43. The fraction of sp³-hybridized carbons (Fsp3) is 0.263. The van der Waals surface area contributed by atoms with Gasteiger partial charge >= 0.3 is 23.5 Å². The van der Waals surface area contributed by atoms with Gasteiger partial charge in [0, 0.05) is 32.8 Å². The molecule has 1 fully saturated rings. The van der Waals surface area contributed by atoms with Gasteiger partial charge in [-0.15, -0.1) is 22.7 Å². The highest BCUT2D eigenvalue weighted by molar-refractivity contribution is 7.66. The number of hydrogen-bond donors (Lipinski definition) is 5. The first-order chi connectivity index (χ1) is 18.3. The van der Waals surface area contributed by atoms with Gasteiger partial charge in [-0.1, -0.05) is 6.07 Å². The second-order valence-corrected chi connectivity index (χ2v) is 14.6. The number of fused-ring (bicyclic) bond motifs is 1. The lowest BCUT2D eigenvalue weighted by atomic mass is 10.2. The van der Waals surface area contributed by atoms with Crippen molar-refractivity contribution >= 4 is 57.3 Å². The summed E-state index contributed by atoms with van der Waals surface area (Å²) in [5.74, 6) is 0. The fourth-order valence-electron chi connectivity index (χ4n) is 3.88. The predicted molar refractivity (Wildman–Crippen MR) is 139 cm³/mol. The van der Waals surface area contributed by atoms with Gasteiger partial charge in [-0.3, -0.25) is 9.09 Å². The number of aliphatic hydroxyl groups is 1. The number of aromatic nitrogens is 3. The van der Waals surface area contributed by atoms with Crippen LogP contribution >= 0.6 is 46.1 Å². The molecule has 0 aliphatic carbocycles. The van der Waals surface area contributed by atoms with Crippen LogP contribution in [0.1, 0.15) is 12.6 Å². The summed E-state index contributed by atoms with van der Waals surface area (Å²) < 4.78 is 53.5. The van der Waals surface area contributed by atoms with E-state index >= 15 is 0 Å². The molecule has 5 atom stereocenters. The molecule has 5 rings (SSSR count). The van der Waals surface area contributed by atoms with E-state index in [1.54, 1.807) is 33.4 Å². The molecule has 15 nitrogen and oxygen atoms in total. The third kappa shape index (κ3) is 6.81. The highest BCUT2D eigenvalue weighted by Crippen LogP contribution is 2.66. The smallest absolute Gasteiger partial charge is 0.390 e. The molecule has 1 saturated heterocycles. The maximum Gasteiger partial charge on any atom is 0.490 e. The molecule has 20 heteroatoms. The van der Waals surface area contributed by atoms with E-state index in [1.807, 2.05) is 35.7 Å². The van der Waals surface area contributed by atoms with Gasteiger partial charge < -0.3 is 29.4 Å². The number of nitrogens with zero attached hydrogens (tertiary/aromatic N) is 3. The molecule has 0 radical (unpaired) electrons. The van der Waals surface area contributed by atoms with Gasteiger partial charge in [0.05, 0.1) is 19.0 Å². The summed E-state index contributed by atoms with van der Waals surface area (Å²) >= 11 is 3.25. The van der Waals surface area contributed by atoms with Crippen molar-refractivity contribution in [3.05, 3.63) is 48.2 Å². The van der Waals surface area contributed by atoms with Crippen LogP contribution in [0.5, 0.6) is 0 Å². The van der Waals surface area contributed by atoms with Crippen molar-refractivity contribution < 1.29 is 56.3 Å². The Labute approximate surface area is 227 Å². The van der Waals surface area contributed by atoms with Crippen molar-refractivity contribution in [2.75, 3.05) is 6.61 Å². The number of imidazole rings is 1. The molecule has 4 aromatic heterocycles. The molecule has 0 bridgehead atoms. The number of ether oxygens (including phenoxy) is 1. The number of pyridine rings is 1. The van der Waals surface area contributed by atoms with Crippen molar-refractivity contribution in [3.8, 4) is 20.2 Å². The summed E-state index contributed by atoms with van der Waals surface area (Å²) in [5.41, 5.74) is 1.94. The number of aliphatic hydroxyl groups excluding tert-OH is 1. The first kappa shape index (κ1) is 28.9. The van der Waals surface area contributed by atoms with Gasteiger partial charge in [0.15, 0.2) is 5.65 Å². The quantitative estimate of drug-likeness (QED) is 0.156. The number of hydrogen-bond acceptors (Lipinski definition) is 12. The molecule has 5 heterocycles. The van der Waals surface area contributed by atoms with Crippen LogP contribution in [0, 0.1) is 0 Å². The Bertz CT molecular complexity index is 1620. The van der Waals surface area contributed by atoms with Crippen molar-refractivity contribution in [3.63, 3.8) is 0 Å². The van der Waals surface area contributed by atoms with Crippen LogP contribution in [0.2, 0.25) is 0 Å². The van der Waals surface area contributed by atoms with Gasteiger partial charge in [0.1, 0.15) is 17.8 Å². The van der Waals surface area contributed by atoms with Crippen molar-refractivity contribution in [2.24, 2.45) is 0 Å². The summed E-state index contributed by atoms with van der Waals surface area (Å²) in [7, 11) is -16.5. The normalized spacial score (nSPS) is 23.2. The van der Waals surface area contributed by atoms with Gasteiger partial charge in [0.2, 0.25) is 0 Å². The fourth-order valence-corrected chi connectivity index (χ4v) is 8.78. The standard InChI is InChI=1S/C19H20N3O12P3S2/c23-12-8-17(32-13(12)9-31-36(27,28)34-37(29,30)33-35(24,25)26)22-10-21-18-11(5-6-20-19(18)22)14-3-4-16(39-14)15-2-1-7-38-15/h1-7,10,12-13,17,23H,8-9H2,(H,27,28)(H,29,30)(H2,24,25,26)/t12?,13?,17-/m1/s1. The van der Waals surface area contributed by atoms with Gasteiger partial charge in [-0.2, -0.15) is 8.62 Å². The van der Waals surface area contributed by atoms with Crippen molar-refractivity contribution in [2.45, 2.75) is 24.9 Å². The zero-order valence-corrected chi connectivity index (χ0v) is 23.7. The van der Waals surface area contributed by atoms with Crippen molar-refractivity contribution in [1.29, 1.82) is 0 Å². The van der Waals surface area contributed by atoms with E-state index < -0.39 is 48.5 Å². The van der Waals surface area contributed by atoms with Gasteiger partial charge in [-0.25, -0.2) is 23.7 Å². The number of phosphoric acid groups is 3. The van der Waals surface area contributed by atoms with E-state index in [-0.39, 0.29) is 6.42 Å². The number of phosphoric ester groups is 1. The largest absolute Gasteiger partial charge is 0.490 e. The Morgan fingerprint density at radius 1 is 1.00 bits per heavy atom. The third-order valence-electron chi connectivity index (χ3n) is 5.43. The molecule has 210 valence electrons. The Morgan fingerprint density at radius 2 is 1.77 bits per heavy atom. The SMILES string of the molecule is O=P(O)(O)OP(=O)(O)OP(=O)(O)OCC1O[C@@H](n2cnc3c(-c4ccc(-c5cccs5)s4)ccnc32)CC1O. The zero-order chi connectivity index (χ0) is 28.0. The lowest BCUT2D eigenvalue weighted by Gasteiger charge is -2.19. The minimum Gasteiger partial charge on any atom is -0.390 e. The maximum absolute atomic E-state index is 12.0. The van der Waals surface area contributed by atoms with E-state index in [0.717, 1.165) is 20.2 Å². The van der Waals surface area contributed by atoms with Crippen LogP contribution in [0.25, 0.3) is 31.4 Å². The summed E-state index contributed by atoms with van der Waals surface area (Å²) in [4.78, 5) is 48.3. The van der Waals surface area contributed by atoms with Gasteiger partial charge in [-0.05, 0) is 29.6 Å². The van der Waals surface area contributed by atoms with Crippen LogP contribution in [-0.2, 0) is 31.6 Å². The molecule has 4 unspecified atom stereocenters. The minimum absolute atomic E-state index is 0.0311. The lowest BCUT2D eigenvalue weighted by molar-refractivity contribution is -0.0423. The van der Waals surface area contributed by atoms with Crippen molar-refractivity contribution in [1.82, 2.24) is 14.5 Å². The van der Waals surface area contributed by atoms with Crippen LogP contribution in [-0.4, -0.2) is 58.0 Å². The molecule has 1 aliphatic heterocycles. The van der Waals surface area contributed by atoms with E-state index in [9.17, 15) is 28.6 Å². The maximum atomic E-state index is 12.0. The molecule has 4 aromatic rings. The van der Waals surface area contributed by atoms with Crippen LogP contribution in [0.3, 0.4) is 0 Å². The minimum atomic E-state index is -5.66. The second-order valence-electron chi connectivity index (χ2n) is 8.14. The average molecular weight is 639 g/mol. The lowest BCUT2D eigenvalue weighted by Crippen LogP contribution is -2.26. The Morgan fingerprint density at radius 3 is 2.49 bits per heavy atom. The Balaban J connectivity index is 1.28. The molecule has 1 aliphatic rings. The third-order valence-corrected chi connectivity index (χ3v) is 11.4. The average Bonchev–Trinajstić information content (AvgIpc) is 3.61. The molecule has 5 N–H and O–H groups in total. The molecular formula is C19H20N3O12P3S2. The van der Waals surface area contributed by atoms with E-state index in [1.165, 1.54) is 6.33 Å². The summed E-state index contributed by atoms with van der Waals surface area (Å²) in [6.45, 7) is -0.770. The monoisotopic (exact) mass is 639 g/mol. The van der Waals surface area contributed by atoms with Gasteiger partial charge in [0.25, 0.3) is 0 Å². The van der Waals surface area contributed by atoms with E-state index in [4.69, 9.17) is 14.5 Å². The molecule has 0 amide bonds. The second kappa shape index (κ2) is 11.0. The summed E-state index contributed by atoms with van der Waals surface area (Å²) in [5, 5.41) is 12.4. The first-order valence-electron chi connectivity index (χ1n) is 10.9. The van der Waals surface area contributed by atoms with E-state index in [0.29, 0.717) is 11.2 Å². The topological polar surface area (TPSA) is 220 Å². The number of thiophene rings is 2. The summed E-state index contributed by atoms with van der Waals surface area (Å²) in [6, 6.07) is 9.91. The summed E-state index contributed by atoms with van der Waals surface area (Å²) in [6.07, 6.45) is 0.00547. The highest BCUT2D eigenvalue weighted by atomic mass is 32.1.